The molecule has 2 heterocycles. The molecule has 1 fully saturated rings. The topological polar surface area (TPSA) is 24.9 Å². The van der Waals surface area contributed by atoms with Crippen molar-refractivity contribution < 1.29 is 9.47 Å². The lowest BCUT2D eigenvalue weighted by Crippen LogP contribution is -2.47. The molecule has 0 aromatic heterocycles. The van der Waals surface area contributed by atoms with Gasteiger partial charge in [0.05, 0.1) is 5.69 Å². The van der Waals surface area contributed by atoms with E-state index in [0.717, 1.165) is 50.0 Å². The molecule has 2 aliphatic rings. The van der Waals surface area contributed by atoms with Gasteiger partial charge in [-0.3, -0.25) is 4.90 Å². The van der Waals surface area contributed by atoms with Crippen LogP contribution in [0, 0.1) is 0 Å². The molecule has 0 radical (unpaired) electrons. The van der Waals surface area contributed by atoms with E-state index in [9.17, 15) is 0 Å². The molecular formula is C14H20N2O2S. The summed E-state index contributed by atoms with van der Waals surface area (Å²) in [4.78, 5) is 4.85. The highest BCUT2D eigenvalue weighted by Crippen LogP contribution is 2.39. The minimum Gasteiger partial charge on any atom is -0.486 e. The first-order chi connectivity index (χ1) is 9.38. The molecule has 1 saturated heterocycles. The van der Waals surface area contributed by atoms with Crippen LogP contribution in [-0.2, 0) is 0 Å². The average Bonchev–Trinajstić information content (AvgIpc) is 2.48. The van der Waals surface area contributed by atoms with Crippen LogP contribution in [0.25, 0.3) is 0 Å². The number of fused-ring (bicyclic) bond motifs is 1. The Morgan fingerprint density at radius 2 is 1.84 bits per heavy atom. The van der Waals surface area contributed by atoms with Gasteiger partial charge in [-0.15, -0.1) is 0 Å². The highest BCUT2D eigenvalue weighted by Gasteiger charge is 2.23. The van der Waals surface area contributed by atoms with Crippen LogP contribution < -0.4 is 14.4 Å². The van der Waals surface area contributed by atoms with Crippen LogP contribution in [0.1, 0.15) is 0 Å². The van der Waals surface area contributed by atoms with Crippen molar-refractivity contribution in [2.24, 2.45) is 0 Å². The van der Waals surface area contributed by atoms with Crippen LogP contribution >= 0.6 is 12.6 Å². The molecule has 104 valence electrons. The summed E-state index contributed by atoms with van der Waals surface area (Å²) in [6.45, 7) is 6.61. The fourth-order valence-electron chi connectivity index (χ4n) is 2.66. The van der Waals surface area contributed by atoms with Gasteiger partial charge in [-0.1, -0.05) is 6.07 Å². The van der Waals surface area contributed by atoms with Crippen molar-refractivity contribution >= 4 is 18.3 Å². The van der Waals surface area contributed by atoms with E-state index in [2.05, 4.69) is 28.5 Å². The van der Waals surface area contributed by atoms with Gasteiger partial charge < -0.3 is 14.4 Å². The number of ether oxygens (including phenoxy) is 2. The zero-order valence-electron chi connectivity index (χ0n) is 11.0. The van der Waals surface area contributed by atoms with Crippen LogP contribution in [0.5, 0.6) is 11.5 Å². The Balaban J connectivity index is 1.73. The third-order valence-electron chi connectivity index (χ3n) is 3.67. The van der Waals surface area contributed by atoms with Crippen LogP contribution in [0.15, 0.2) is 18.2 Å². The first kappa shape index (κ1) is 12.9. The molecular weight excluding hydrogens is 260 g/mol. The predicted molar refractivity (Wildman–Crippen MR) is 79.9 cm³/mol. The largest absolute Gasteiger partial charge is 0.486 e. The highest BCUT2D eigenvalue weighted by atomic mass is 32.1. The summed E-state index contributed by atoms with van der Waals surface area (Å²) in [5.41, 5.74) is 1.17. The van der Waals surface area contributed by atoms with E-state index in [1.54, 1.807) is 0 Å². The Hall–Kier alpha value is -1.07. The minimum atomic E-state index is 0.642. The zero-order valence-corrected chi connectivity index (χ0v) is 11.9. The van der Waals surface area contributed by atoms with Crippen molar-refractivity contribution in [2.45, 2.75) is 0 Å². The Labute approximate surface area is 119 Å². The number of rotatable bonds is 3. The number of hydrogen-bond donors (Lipinski definition) is 1. The Morgan fingerprint density at radius 3 is 2.63 bits per heavy atom. The van der Waals surface area contributed by atoms with Gasteiger partial charge in [-0.05, 0) is 12.1 Å². The van der Waals surface area contributed by atoms with E-state index in [0.29, 0.717) is 13.2 Å². The summed E-state index contributed by atoms with van der Waals surface area (Å²) in [5, 5.41) is 0. The second-order valence-electron chi connectivity index (χ2n) is 4.85. The molecule has 0 amide bonds. The van der Waals surface area contributed by atoms with Crippen molar-refractivity contribution in [1.29, 1.82) is 0 Å². The summed E-state index contributed by atoms with van der Waals surface area (Å²) in [7, 11) is 0. The summed E-state index contributed by atoms with van der Waals surface area (Å²) < 4.78 is 11.4. The number of anilines is 1. The molecule has 0 aliphatic carbocycles. The number of piperazine rings is 1. The molecule has 0 unspecified atom stereocenters. The van der Waals surface area contributed by atoms with Crippen molar-refractivity contribution in [3.05, 3.63) is 18.2 Å². The molecule has 1 aromatic carbocycles. The first-order valence-electron chi connectivity index (χ1n) is 6.85. The van der Waals surface area contributed by atoms with Gasteiger partial charge in [0.15, 0.2) is 11.5 Å². The Bertz CT molecular complexity index is 433. The smallest absolute Gasteiger partial charge is 0.184 e. The van der Waals surface area contributed by atoms with E-state index in [1.807, 2.05) is 12.1 Å². The zero-order chi connectivity index (χ0) is 13.1. The van der Waals surface area contributed by atoms with Crippen molar-refractivity contribution in [1.82, 2.24) is 4.90 Å². The molecule has 0 spiro atoms. The Kier molecular flexibility index (Phi) is 4.03. The second-order valence-corrected chi connectivity index (χ2v) is 5.30. The van der Waals surface area contributed by atoms with Gasteiger partial charge >= 0.3 is 0 Å². The maximum Gasteiger partial charge on any atom is 0.184 e. The minimum absolute atomic E-state index is 0.642. The quantitative estimate of drug-likeness (QED) is 0.849. The van der Waals surface area contributed by atoms with Gasteiger partial charge in [-0.25, -0.2) is 0 Å². The molecule has 0 saturated carbocycles. The molecule has 0 atom stereocenters. The summed E-state index contributed by atoms with van der Waals surface area (Å²) >= 11 is 4.30. The maximum absolute atomic E-state index is 5.79. The third-order valence-corrected chi connectivity index (χ3v) is 3.87. The van der Waals surface area contributed by atoms with E-state index in [1.165, 1.54) is 5.69 Å². The molecule has 3 rings (SSSR count). The summed E-state index contributed by atoms with van der Waals surface area (Å²) in [6, 6.07) is 6.15. The van der Waals surface area contributed by atoms with Gasteiger partial charge in [0.2, 0.25) is 0 Å². The van der Waals surface area contributed by atoms with Crippen LogP contribution in [0.3, 0.4) is 0 Å². The standard InChI is InChI=1S/C14H20N2O2S/c19-11-8-15-4-6-16(7-5-15)12-2-1-3-13-14(12)18-10-9-17-13/h1-3,19H,4-11H2. The normalized spacial score (nSPS) is 19.5. The maximum atomic E-state index is 5.79. The number of nitrogens with zero attached hydrogens (tertiary/aromatic N) is 2. The first-order valence-corrected chi connectivity index (χ1v) is 7.48. The molecule has 0 bridgehead atoms. The van der Waals surface area contributed by atoms with Crippen LogP contribution in [0.2, 0.25) is 0 Å². The van der Waals surface area contributed by atoms with Gasteiger partial charge in [0.25, 0.3) is 0 Å². The number of benzene rings is 1. The van der Waals surface area contributed by atoms with Gasteiger partial charge in [-0.2, -0.15) is 12.6 Å². The number of para-hydroxylation sites is 1. The van der Waals surface area contributed by atoms with Gasteiger partial charge in [0, 0.05) is 38.5 Å². The Morgan fingerprint density at radius 1 is 1.05 bits per heavy atom. The predicted octanol–water partition coefficient (Wildman–Crippen LogP) is 1.51. The molecule has 2 aliphatic heterocycles. The van der Waals surface area contributed by atoms with E-state index >= 15 is 0 Å². The van der Waals surface area contributed by atoms with Crippen molar-refractivity contribution in [2.75, 3.05) is 56.6 Å². The monoisotopic (exact) mass is 280 g/mol. The lowest BCUT2D eigenvalue weighted by Gasteiger charge is -2.37. The second kappa shape index (κ2) is 5.92. The number of thiol groups is 1. The third kappa shape index (κ3) is 2.77. The van der Waals surface area contributed by atoms with Crippen molar-refractivity contribution in [3.8, 4) is 11.5 Å². The fraction of sp³-hybridized carbons (Fsp3) is 0.571. The molecule has 0 N–H and O–H groups in total. The SMILES string of the molecule is SCCN1CCN(c2cccc3c2OCCO3)CC1. The summed E-state index contributed by atoms with van der Waals surface area (Å²) in [6.07, 6.45) is 0. The average molecular weight is 280 g/mol. The highest BCUT2D eigenvalue weighted by molar-refractivity contribution is 7.80. The van der Waals surface area contributed by atoms with Crippen molar-refractivity contribution in [3.63, 3.8) is 0 Å². The summed E-state index contributed by atoms with van der Waals surface area (Å²) in [5.74, 6) is 2.72. The molecule has 4 nitrogen and oxygen atoms in total. The number of hydrogen-bond acceptors (Lipinski definition) is 5. The van der Waals surface area contributed by atoms with E-state index in [4.69, 9.17) is 9.47 Å². The lowest BCUT2D eigenvalue weighted by atomic mass is 10.2. The van der Waals surface area contributed by atoms with E-state index < -0.39 is 0 Å². The van der Waals surface area contributed by atoms with Crippen LogP contribution in [-0.4, -0.2) is 56.6 Å². The lowest BCUT2D eigenvalue weighted by molar-refractivity contribution is 0.171. The van der Waals surface area contributed by atoms with E-state index in [-0.39, 0.29) is 0 Å². The van der Waals surface area contributed by atoms with Crippen LogP contribution in [0.4, 0.5) is 5.69 Å². The van der Waals surface area contributed by atoms with Gasteiger partial charge in [0.1, 0.15) is 13.2 Å². The molecule has 1 aromatic rings. The molecule has 19 heavy (non-hydrogen) atoms. The fourth-order valence-corrected chi connectivity index (χ4v) is 2.94. The molecule has 5 heteroatoms.